The molecule has 0 atom stereocenters. The van der Waals surface area contributed by atoms with Crippen molar-refractivity contribution in [2.24, 2.45) is 5.92 Å². The molecule has 1 aliphatic rings. The Labute approximate surface area is 73.6 Å². The van der Waals surface area contributed by atoms with Crippen LogP contribution in [-0.4, -0.2) is 0 Å². The third-order valence-electron chi connectivity index (χ3n) is 2.49. The van der Waals surface area contributed by atoms with E-state index in [2.05, 4.69) is 12.1 Å². The van der Waals surface area contributed by atoms with Gasteiger partial charge >= 0.3 is 0 Å². The van der Waals surface area contributed by atoms with Crippen LogP contribution in [0, 0.1) is 5.92 Å². The number of aryl methyl sites for hydroxylation is 1. The van der Waals surface area contributed by atoms with Crippen LogP contribution in [0.4, 0.5) is 5.69 Å². The van der Waals surface area contributed by atoms with Crippen molar-refractivity contribution in [3.63, 3.8) is 0 Å². The maximum atomic E-state index is 5.68. The number of anilines is 1. The van der Waals surface area contributed by atoms with Gasteiger partial charge in [0.1, 0.15) is 0 Å². The summed E-state index contributed by atoms with van der Waals surface area (Å²) >= 11 is 0. The average Bonchev–Trinajstić information content (AvgIpc) is 2.84. The number of nitrogens with two attached hydrogens (primary N) is 1. The van der Waals surface area contributed by atoms with Crippen LogP contribution in [0.15, 0.2) is 24.3 Å². The normalized spacial score (nSPS) is 16.3. The Bertz CT molecular complexity index is 263. The summed E-state index contributed by atoms with van der Waals surface area (Å²) in [6.07, 6.45) is 5.45. The minimum absolute atomic E-state index is 0.892. The van der Waals surface area contributed by atoms with Crippen molar-refractivity contribution in [3.05, 3.63) is 29.8 Å². The van der Waals surface area contributed by atoms with E-state index in [4.69, 9.17) is 5.73 Å². The lowest BCUT2D eigenvalue weighted by molar-refractivity contribution is 0.727. The Morgan fingerprint density at radius 1 is 1.33 bits per heavy atom. The molecule has 12 heavy (non-hydrogen) atoms. The molecule has 1 nitrogen and oxygen atoms in total. The van der Waals surface area contributed by atoms with Gasteiger partial charge in [-0.05, 0) is 36.5 Å². The first-order valence-electron chi connectivity index (χ1n) is 4.69. The second-order valence-electron chi connectivity index (χ2n) is 3.73. The van der Waals surface area contributed by atoms with Crippen LogP contribution < -0.4 is 5.73 Å². The van der Waals surface area contributed by atoms with Gasteiger partial charge in [0.2, 0.25) is 0 Å². The Morgan fingerprint density at radius 2 is 2.17 bits per heavy atom. The number of hydrogen-bond acceptors (Lipinski definition) is 1. The molecule has 1 aromatic carbocycles. The minimum Gasteiger partial charge on any atom is -0.399 e. The van der Waals surface area contributed by atoms with Crippen molar-refractivity contribution in [3.8, 4) is 0 Å². The third-order valence-corrected chi connectivity index (χ3v) is 2.49. The Kier molecular flexibility index (Phi) is 2.03. The zero-order valence-electron chi connectivity index (χ0n) is 7.29. The largest absolute Gasteiger partial charge is 0.399 e. The van der Waals surface area contributed by atoms with E-state index in [-0.39, 0.29) is 0 Å². The van der Waals surface area contributed by atoms with Crippen LogP contribution in [0.3, 0.4) is 0 Å². The number of nitrogen functional groups attached to an aromatic ring is 1. The summed E-state index contributed by atoms with van der Waals surface area (Å²) in [6, 6.07) is 8.24. The van der Waals surface area contributed by atoms with Crippen molar-refractivity contribution in [1.29, 1.82) is 0 Å². The second-order valence-corrected chi connectivity index (χ2v) is 3.73. The summed E-state index contributed by atoms with van der Waals surface area (Å²) in [5, 5.41) is 0. The summed E-state index contributed by atoms with van der Waals surface area (Å²) < 4.78 is 0. The standard InChI is InChI=1S/C11H15N/c12-11-3-1-2-10(8-11)7-6-9-4-5-9/h1-3,8-9H,4-7,12H2. The zero-order valence-corrected chi connectivity index (χ0v) is 7.29. The molecule has 1 aromatic rings. The smallest absolute Gasteiger partial charge is 0.0316 e. The van der Waals surface area contributed by atoms with Crippen LogP contribution in [0.1, 0.15) is 24.8 Å². The van der Waals surface area contributed by atoms with Crippen LogP contribution in [0.2, 0.25) is 0 Å². The van der Waals surface area contributed by atoms with Gasteiger partial charge in [0.25, 0.3) is 0 Å². The van der Waals surface area contributed by atoms with E-state index in [1.165, 1.54) is 31.2 Å². The topological polar surface area (TPSA) is 26.0 Å². The van der Waals surface area contributed by atoms with E-state index >= 15 is 0 Å². The molecule has 0 saturated heterocycles. The highest BCUT2D eigenvalue weighted by Gasteiger charge is 2.20. The number of hydrogen-bond donors (Lipinski definition) is 1. The van der Waals surface area contributed by atoms with Crippen molar-refractivity contribution in [2.45, 2.75) is 25.7 Å². The van der Waals surface area contributed by atoms with Crippen LogP contribution in [0.25, 0.3) is 0 Å². The molecule has 0 spiro atoms. The molecule has 1 aliphatic carbocycles. The predicted molar refractivity (Wildman–Crippen MR) is 51.9 cm³/mol. The van der Waals surface area contributed by atoms with Crippen molar-refractivity contribution in [2.75, 3.05) is 5.73 Å². The fourth-order valence-corrected chi connectivity index (χ4v) is 1.53. The van der Waals surface area contributed by atoms with Gasteiger partial charge in [-0.25, -0.2) is 0 Å². The van der Waals surface area contributed by atoms with Crippen LogP contribution in [-0.2, 0) is 6.42 Å². The Morgan fingerprint density at radius 3 is 2.83 bits per heavy atom. The molecule has 1 heteroatoms. The van der Waals surface area contributed by atoms with Crippen molar-refractivity contribution in [1.82, 2.24) is 0 Å². The second kappa shape index (κ2) is 3.18. The quantitative estimate of drug-likeness (QED) is 0.677. The van der Waals surface area contributed by atoms with Crippen molar-refractivity contribution >= 4 is 5.69 Å². The monoisotopic (exact) mass is 161 g/mol. The lowest BCUT2D eigenvalue weighted by atomic mass is 10.1. The zero-order chi connectivity index (χ0) is 8.39. The lowest BCUT2D eigenvalue weighted by Gasteiger charge is -2.00. The van der Waals surface area contributed by atoms with Gasteiger partial charge in [0.05, 0.1) is 0 Å². The number of benzene rings is 1. The molecule has 0 heterocycles. The molecule has 0 aliphatic heterocycles. The maximum absolute atomic E-state index is 5.68. The molecular weight excluding hydrogens is 146 g/mol. The summed E-state index contributed by atoms with van der Waals surface area (Å²) in [5.74, 6) is 1.02. The SMILES string of the molecule is Nc1cccc(CCC2CC2)c1. The summed E-state index contributed by atoms with van der Waals surface area (Å²) in [5.41, 5.74) is 7.96. The predicted octanol–water partition coefficient (Wildman–Crippen LogP) is 2.61. The van der Waals surface area contributed by atoms with Gasteiger partial charge in [-0.3, -0.25) is 0 Å². The van der Waals surface area contributed by atoms with E-state index in [0.717, 1.165) is 11.6 Å². The van der Waals surface area contributed by atoms with Crippen LogP contribution in [0.5, 0.6) is 0 Å². The molecule has 0 radical (unpaired) electrons. The highest BCUT2D eigenvalue weighted by Crippen LogP contribution is 2.33. The third kappa shape index (κ3) is 2.00. The molecule has 0 bridgehead atoms. The molecular formula is C11H15N. The van der Waals surface area contributed by atoms with E-state index in [0.29, 0.717) is 0 Å². The van der Waals surface area contributed by atoms with E-state index < -0.39 is 0 Å². The highest BCUT2D eigenvalue weighted by molar-refractivity contribution is 5.40. The molecule has 2 rings (SSSR count). The van der Waals surface area contributed by atoms with Gasteiger partial charge in [-0.2, -0.15) is 0 Å². The maximum Gasteiger partial charge on any atom is 0.0316 e. The first-order chi connectivity index (χ1) is 5.84. The van der Waals surface area contributed by atoms with Gasteiger partial charge < -0.3 is 5.73 Å². The fourth-order valence-electron chi connectivity index (χ4n) is 1.53. The van der Waals surface area contributed by atoms with E-state index in [9.17, 15) is 0 Å². The number of rotatable bonds is 3. The molecule has 0 unspecified atom stereocenters. The fraction of sp³-hybridized carbons (Fsp3) is 0.455. The van der Waals surface area contributed by atoms with E-state index in [1.807, 2.05) is 12.1 Å². The van der Waals surface area contributed by atoms with Gasteiger partial charge in [0, 0.05) is 5.69 Å². The lowest BCUT2D eigenvalue weighted by Crippen LogP contribution is -1.89. The van der Waals surface area contributed by atoms with Gasteiger partial charge in [-0.15, -0.1) is 0 Å². The van der Waals surface area contributed by atoms with Crippen molar-refractivity contribution < 1.29 is 0 Å². The highest BCUT2D eigenvalue weighted by atomic mass is 14.5. The summed E-state index contributed by atoms with van der Waals surface area (Å²) in [7, 11) is 0. The molecule has 0 amide bonds. The summed E-state index contributed by atoms with van der Waals surface area (Å²) in [6.45, 7) is 0. The molecule has 64 valence electrons. The molecule has 0 aromatic heterocycles. The Balaban J connectivity index is 1.92. The van der Waals surface area contributed by atoms with Gasteiger partial charge in [-0.1, -0.05) is 25.0 Å². The average molecular weight is 161 g/mol. The van der Waals surface area contributed by atoms with Gasteiger partial charge in [0.15, 0.2) is 0 Å². The summed E-state index contributed by atoms with van der Waals surface area (Å²) in [4.78, 5) is 0. The molecule has 1 fully saturated rings. The first-order valence-corrected chi connectivity index (χ1v) is 4.69. The molecule has 1 saturated carbocycles. The first kappa shape index (κ1) is 7.66. The van der Waals surface area contributed by atoms with Crippen LogP contribution >= 0.6 is 0 Å². The minimum atomic E-state index is 0.892. The molecule has 2 N–H and O–H groups in total. The van der Waals surface area contributed by atoms with E-state index in [1.54, 1.807) is 0 Å². The Hall–Kier alpha value is -0.980.